The molecule has 0 atom stereocenters. The summed E-state index contributed by atoms with van der Waals surface area (Å²) in [7, 11) is 0. The molecular weight excluding hydrogens is 294 g/mol. The zero-order chi connectivity index (χ0) is 16.3. The summed E-state index contributed by atoms with van der Waals surface area (Å²) in [6.45, 7) is 0.466. The summed E-state index contributed by atoms with van der Waals surface area (Å²) in [5.74, 6) is 0.495. The van der Waals surface area contributed by atoms with Crippen LogP contribution in [0.1, 0.15) is 37.7 Å². The van der Waals surface area contributed by atoms with E-state index in [0.29, 0.717) is 11.3 Å². The van der Waals surface area contributed by atoms with Crippen LogP contribution >= 0.6 is 0 Å². The predicted molar refractivity (Wildman–Crippen MR) is 82.7 cm³/mol. The van der Waals surface area contributed by atoms with Crippen LogP contribution in [-0.2, 0) is 4.79 Å². The number of amides is 3. The van der Waals surface area contributed by atoms with Crippen LogP contribution in [0, 0.1) is 11.3 Å². The molecule has 0 aromatic heterocycles. The molecular formula is C17H19N3O3. The van der Waals surface area contributed by atoms with Gasteiger partial charge in [0.25, 0.3) is 5.91 Å². The predicted octanol–water partition coefficient (Wildman–Crippen LogP) is 2.19. The SMILES string of the molecule is N#Cc1ccc(OCCN2C(=O)NC3(CCCCC3)C2=O)cc1. The molecule has 1 aliphatic carbocycles. The molecule has 1 saturated carbocycles. The van der Waals surface area contributed by atoms with Crippen molar-refractivity contribution in [1.82, 2.24) is 10.2 Å². The molecule has 1 heterocycles. The first-order valence-electron chi connectivity index (χ1n) is 7.92. The van der Waals surface area contributed by atoms with Crippen LogP contribution in [0.2, 0.25) is 0 Å². The van der Waals surface area contributed by atoms with Gasteiger partial charge in [0, 0.05) is 0 Å². The monoisotopic (exact) mass is 313 g/mol. The quantitative estimate of drug-likeness (QED) is 0.864. The summed E-state index contributed by atoms with van der Waals surface area (Å²) < 4.78 is 5.56. The summed E-state index contributed by atoms with van der Waals surface area (Å²) in [5, 5.41) is 11.6. The third-order valence-corrected chi connectivity index (χ3v) is 4.52. The molecule has 23 heavy (non-hydrogen) atoms. The molecule has 1 saturated heterocycles. The Bertz CT molecular complexity index is 642. The Balaban J connectivity index is 1.56. The standard InChI is InChI=1S/C17H19N3O3/c18-12-13-4-6-14(7-5-13)23-11-10-20-15(21)17(19-16(20)22)8-2-1-3-9-17/h4-7H,1-3,8-11H2,(H,19,22). The number of carbonyl (C=O) groups excluding carboxylic acids is 2. The van der Waals surface area contributed by atoms with Gasteiger partial charge >= 0.3 is 6.03 Å². The summed E-state index contributed by atoms with van der Waals surface area (Å²) in [6.07, 6.45) is 4.52. The highest BCUT2D eigenvalue weighted by Gasteiger charge is 2.50. The van der Waals surface area contributed by atoms with Gasteiger partial charge in [0.05, 0.1) is 18.2 Å². The lowest BCUT2D eigenvalue weighted by Crippen LogP contribution is -2.48. The Kier molecular flexibility index (Phi) is 4.20. The van der Waals surface area contributed by atoms with E-state index >= 15 is 0 Å². The molecule has 6 heteroatoms. The van der Waals surface area contributed by atoms with Crippen LogP contribution < -0.4 is 10.1 Å². The zero-order valence-corrected chi connectivity index (χ0v) is 12.9. The van der Waals surface area contributed by atoms with Crippen molar-refractivity contribution in [1.29, 1.82) is 5.26 Å². The van der Waals surface area contributed by atoms with Gasteiger partial charge in [-0.05, 0) is 37.1 Å². The van der Waals surface area contributed by atoms with Crippen molar-refractivity contribution >= 4 is 11.9 Å². The fourth-order valence-electron chi connectivity index (χ4n) is 3.25. The van der Waals surface area contributed by atoms with E-state index in [4.69, 9.17) is 10.00 Å². The average molecular weight is 313 g/mol. The third-order valence-electron chi connectivity index (χ3n) is 4.52. The molecule has 0 unspecified atom stereocenters. The van der Waals surface area contributed by atoms with Gasteiger partial charge in [-0.15, -0.1) is 0 Å². The van der Waals surface area contributed by atoms with E-state index in [9.17, 15) is 9.59 Å². The van der Waals surface area contributed by atoms with Crippen molar-refractivity contribution in [3.63, 3.8) is 0 Å². The van der Waals surface area contributed by atoms with E-state index in [0.717, 1.165) is 32.1 Å². The van der Waals surface area contributed by atoms with E-state index < -0.39 is 5.54 Å². The number of nitrogens with one attached hydrogen (secondary N) is 1. The van der Waals surface area contributed by atoms with E-state index in [1.54, 1.807) is 24.3 Å². The maximum absolute atomic E-state index is 12.6. The Labute approximate surface area is 135 Å². The zero-order valence-electron chi connectivity index (χ0n) is 12.9. The van der Waals surface area contributed by atoms with E-state index in [2.05, 4.69) is 5.32 Å². The lowest BCUT2D eigenvalue weighted by molar-refractivity contribution is -0.132. The lowest BCUT2D eigenvalue weighted by Gasteiger charge is -2.30. The first kappa shape index (κ1) is 15.3. The first-order valence-corrected chi connectivity index (χ1v) is 7.92. The molecule has 0 bridgehead atoms. The topological polar surface area (TPSA) is 82.4 Å². The van der Waals surface area contributed by atoms with E-state index in [-0.39, 0.29) is 25.1 Å². The van der Waals surface area contributed by atoms with Crippen LogP contribution in [-0.4, -0.2) is 35.5 Å². The van der Waals surface area contributed by atoms with Gasteiger partial charge in [0.15, 0.2) is 0 Å². The molecule has 2 fully saturated rings. The molecule has 0 radical (unpaired) electrons. The molecule has 3 amide bonds. The number of hydrogen-bond donors (Lipinski definition) is 1. The molecule has 1 aliphatic heterocycles. The molecule has 120 valence electrons. The number of hydrogen-bond acceptors (Lipinski definition) is 4. The smallest absolute Gasteiger partial charge is 0.325 e. The van der Waals surface area contributed by atoms with Gasteiger partial charge < -0.3 is 10.1 Å². The molecule has 1 aromatic rings. The van der Waals surface area contributed by atoms with Crippen molar-refractivity contribution in [3.8, 4) is 11.8 Å². The van der Waals surface area contributed by atoms with Crippen LogP contribution in [0.25, 0.3) is 0 Å². The third kappa shape index (κ3) is 3.00. The second-order valence-corrected chi connectivity index (χ2v) is 6.01. The maximum Gasteiger partial charge on any atom is 0.325 e. The van der Waals surface area contributed by atoms with Crippen molar-refractivity contribution in [2.45, 2.75) is 37.6 Å². The minimum absolute atomic E-state index is 0.120. The number of benzene rings is 1. The number of ether oxygens (including phenoxy) is 1. The summed E-state index contributed by atoms with van der Waals surface area (Å²) >= 11 is 0. The van der Waals surface area contributed by atoms with Gasteiger partial charge in [0.1, 0.15) is 17.9 Å². The van der Waals surface area contributed by atoms with Gasteiger partial charge in [-0.1, -0.05) is 19.3 Å². The van der Waals surface area contributed by atoms with E-state index in [1.165, 1.54) is 4.90 Å². The van der Waals surface area contributed by atoms with Crippen molar-refractivity contribution in [2.75, 3.05) is 13.2 Å². The normalized spacial score (nSPS) is 19.5. The lowest BCUT2D eigenvalue weighted by atomic mass is 9.82. The second kappa shape index (κ2) is 6.29. The number of carbonyl (C=O) groups is 2. The van der Waals surface area contributed by atoms with E-state index in [1.807, 2.05) is 6.07 Å². The Hall–Kier alpha value is -2.55. The minimum Gasteiger partial charge on any atom is -0.492 e. The Morgan fingerprint density at radius 1 is 1.17 bits per heavy atom. The molecule has 2 aliphatic rings. The van der Waals surface area contributed by atoms with Gasteiger partial charge in [0.2, 0.25) is 0 Å². The number of imide groups is 1. The average Bonchev–Trinajstić information content (AvgIpc) is 2.80. The summed E-state index contributed by atoms with van der Waals surface area (Å²) in [4.78, 5) is 25.9. The minimum atomic E-state index is -0.677. The van der Waals surface area contributed by atoms with Gasteiger partial charge in [-0.3, -0.25) is 9.69 Å². The van der Waals surface area contributed by atoms with Gasteiger partial charge in [-0.25, -0.2) is 4.79 Å². The van der Waals surface area contributed by atoms with Crippen LogP contribution in [0.3, 0.4) is 0 Å². The van der Waals surface area contributed by atoms with Gasteiger partial charge in [-0.2, -0.15) is 5.26 Å². The van der Waals surface area contributed by atoms with Crippen LogP contribution in [0.4, 0.5) is 4.79 Å². The maximum atomic E-state index is 12.6. The second-order valence-electron chi connectivity index (χ2n) is 6.01. The summed E-state index contributed by atoms with van der Waals surface area (Å²) in [6, 6.07) is 8.46. The number of nitrogens with zero attached hydrogens (tertiary/aromatic N) is 2. The Morgan fingerprint density at radius 3 is 2.52 bits per heavy atom. The molecule has 1 aromatic carbocycles. The highest BCUT2D eigenvalue weighted by atomic mass is 16.5. The largest absolute Gasteiger partial charge is 0.492 e. The highest BCUT2D eigenvalue weighted by molar-refractivity contribution is 6.07. The number of urea groups is 1. The fourth-order valence-corrected chi connectivity index (χ4v) is 3.25. The van der Waals surface area contributed by atoms with Crippen molar-refractivity contribution < 1.29 is 14.3 Å². The highest BCUT2D eigenvalue weighted by Crippen LogP contribution is 2.33. The number of nitriles is 1. The fraction of sp³-hybridized carbons (Fsp3) is 0.471. The molecule has 1 N–H and O–H groups in total. The molecule has 6 nitrogen and oxygen atoms in total. The van der Waals surface area contributed by atoms with Crippen molar-refractivity contribution in [3.05, 3.63) is 29.8 Å². The molecule has 1 spiro atoms. The molecule has 3 rings (SSSR count). The van der Waals surface area contributed by atoms with Crippen LogP contribution in [0.5, 0.6) is 5.75 Å². The van der Waals surface area contributed by atoms with Crippen molar-refractivity contribution in [2.24, 2.45) is 0 Å². The Morgan fingerprint density at radius 2 is 1.87 bits per heavy atom. The van der Waals surface area contributed by atoms with Crippen LogP contribution in [0.15, 0.2) is 24.3 Å². The summed E-state index contributed by atoms with van der Waals surface area (Å²) in [5.41, 5.74) is -0.116. The first-order chi connectivity index (χ1) is 11.1. The number of rotatable bonds is 4.